The van der Waals surface area contributed by atoms with Gasteiger partial charge in [-0.25, -0.2) is 0 Å². The van der Waals surface area contributed by atoms with Crippen molar-refractivity contribution < 1.29 is 4.79 Å². The third-order valence-electron chi connectivity index (χ3n) is 2.49. The second-order valence-electron chi connectivity index (χ2n) is 3.99. The van der Waals surface area contributed by atoms with E-state index in [2.05, 4.69) is 5.32 Å². The molecule has 0 aliphatic carbocycles. The molecule has 0 bridgehead atoms. The predicted molar refractivity (Wildman–Crippen MR) is 85.4 cm³/mol. The normalized spacial score (nSPS) is 11.2. The second kappa shape index (κ2) is 6.80. The van der Waals surface area contributed by atoms with Crippen molar-refractivity contribution in [3.8, 4) is 0 Å². The van der Waals surface area contributed by atoms with E-state index in [-0.39, 0.29) is 5.03 Å². The van der Waals surface area contributed by atoms with Crippen LogP contribution in [-0.2, 0) is 4.79 Å². The fourth-order valence-electron chi connectivity index (χ4n) is 1.53. The van der Waals surface area contributed by atoms with Crippen LogP contribution in [0.5, 0.6) is 0 Å². The molecule has 0 aromatic heterocycles. The van der Waals surface area contributed by atoms with Gasteiger partial charge in [-0.15, -0.1) is 0 Å². The number of rotatable bonds is 3. The molecule has 0 saturated carbocycles. The van der Waals surface area contributed by atoms with E-state index in [1.807, 2.05) is 30.3 Å². The van der Waals surface area contributed by atoms with Crippen LogP contribution in [0.4, 0.5) is 5.69 Å². The predicted octanol–water partition coefficient (Wildman–Crippen LogP) is 5.21. The number of benzene rings is 2. The molecule has 0 saturated heterocycles. The maximum Gasteiger partial charge on any atom is 0.267 e. The van der Waals surface area contributed by atoms with Gasteiger partial charge < -0.3 is 5.32 Å². The highest BCUT2D eigenvalue weighted by Gasteiger charge is 2.08. The van der Waals surface area contributed by atoms with E-state index in [1.54, 1.807) is 24.3 Å². The Morgan fingerprint density at radius 3 is 2.35 bits per heavy atom. The third-order valence-corrected chi connectivity index (χ3v) is 3.51. The van der Waals surface area contributed by atoms with Gasteiger partial charge in [-0.05, 0) is 29.8 Å². The SMILES string of the molecule is O=C(Nc1ccc(Cl)c(Cl)c1)/C(Cl)=C\c1ccccc1. The first kappa shape index (κ1) is 14.9. The smallest absolute Gasteiger partial charge is 0.267 e. The maximum absolute atomic E-state index is 11.9. The summed E-state index contributed by atoms with van der Waals surface area (Å²) < 4.78 is 0. The number of amides is 1. The lowest BCUT2D eigenvalue weighted by atomic mass is 10.2. The summed E-state index contributed by atoms with van der Waals surface area (Å²) >= 11 is 17.7. The summed E-state index contributed by atoms with van der Waals surface area (Å²) in [4.78, 5) is 11.9. The van der Waals surface area contributed by atoms with Crippen LogP contribution in [0.3, 0.4) is 0 Å². The van der Waals surface area contributed by atoms with E-state index in [0.717, 1.165) is 5.56 Å². The number of carbonyl (C=O) groups is 1. The van der Waals surface area contributed by atoms with Crippen LogP contribution in [-0.4, -0.2) is 5.91 Å². The second-order valence-corrected chi connectivity index (χ2v) is 5.21. The number of hydrogen-bond acceptors (Lipinski definition) is 1. The fraction of sp³-hybridized carbons (Fsp3) is 0. The van der Waals surface area contributed by atoms with Crippen molar-refractivity contribution in [2.75, 3.05) is 5.32 Å². The molecule has 2 nitrogen and oxygen atoms in total. The number of carbonyl (C=O) groups excluding carboxylic acids is 1. The molecule has 0 unspecified atom stereocenters. The van der Waals surface area contributed by atoms with E-state index in [9.17, 15) is 4.79 Å². The van der Waals surface area contributed by atoms with Crippen molar-refractivity contribution in [2.45, 2.75) is 0 Å². The molecule has 1 N–H and O–H groups in total. The molecule has 0 fully saturated rings. The maximum atomic E-state index is 11.9. The summed E-state index contributed by atoms with van der Waals surface area (Å²) in [6.07, 6.45) is 1.59. The standard InChI is InChI=1S/C15H10Cl3NO/c16-12-7-6-11(9-13(12)17)19-15(20)14(18)8-10-4-2-1-3-5-10/h1-9H,(H,19,20)/b14-8+. The van der Waals surface area contributed by atoms with Gasteiger partial charge >= 0.3 is 0 Å². The van der Waals surface area contributed by atoms with Gasteiger partial charge in [0.05, 0.1) is 10.0 Å². The molecule has 2 aromatic rings. The van der Waals surface area contributed by atoms with Gasteiger partial charge in [0.2, 0.25) is 0 Å². The summed E-state index contributed by atoms with van der Waals surface area (Å²) in [5, 5.41) is 3.53. The van der Waals surface area contributed by atoms with Crippen molar-refractivity contribution in [1.29, 1.82) is 0 Å². The summed E-state index contributed by atoms with van der Waals surface area (Å²) in [5.74, 6) is -0.408. The Morgan fingerprint density at radius 2 is 1.70 bits per heavy atom. The highest BCUT2D eigenvalue weighted by Crippen LogP contribution is 2.25. The van der Waals surface area contributed by atoms with Gasteiger partial charge in [0.1, 0.15) is 5.03 Å². The van der Waals surface area contributed by atoms with Gasteiger partial charge in [0.25, 0.3) is 5.91 Å². The van der Waals surface area contributed by atoms with Crippen molar-refractivity contribution in [2.24, 2.45) is 0 Å². The van der Waals surface area contributed by atoms with Crippen molar-refractivity contribution >= 4 is 52.5 Å². The zero-order valence-corrected chi connectivity index (χ0v) is 12.5. The molecule has 0 aliphatic rings. The number of anilines is 1. The van der Waals surface area contributed by atoms with E-state index in [1.165, 1.54) is 0 Å². The van der Waals surface area contributed by atoms with Gasteiger partial charge in [-0.1, -0.05) is 65.1 Å². The van der Waals surface area contributed by atoms with Gasteiger partial charge in [0.15, 0.2) is 0 Å². The minimum absolute atomic E-state index is 0.0854. The lowest BCUT2D eigenvalue weighted by molar-refractivity contribution is -0.112. The monoisotopic (exact) mass is 325 g/mol. The topological polar surface area (TPSA) is 29.1 Å². The Morgan fingerprint density at radius 1 is 1.00 bits per heavy atom. The lowest BCUT2D eigenvalue weighted by Gasteiger charge is -2.05. The van der Waals surface area contributed by atoms with Crippen LogP contribution < -0.4 is 5.32 Å². The molecule has 0 aliphatic heterocycles. The van der Waals surface area contributed by atoms with E-state index in [0.29, 0.717) is 15.7 Å². The zero-order valence-electron chi connectivity index (χ0n) is 10.2. The molecule has 20 heavy (non-hydrogen) atoms. The third kappa shape index (κ3) is 4.01. The average Bonchev–Trinajstić information content (AvgIpc) is 2.44. The Hall–Kier alpha value is -1.48. The zero-order chi connectivity index (χ0) is 14.5. The minimum atomic E-state index is -0.408. The van der Waals surface area contributed by atoms with Gasteiger partial charge in [0, 0.05) is 5.69 Å². The highest BCUT2D eigenvalue weighted by atomic mass is 35.5. The molecule has 102 valence electrons. The quantitative estimate of drug-likeness (QED) is 0.771. The van der Waals surface area contributed by atoms with Crippen LogP contribution in [0.2, 0.25) is 10.0 Å². The molecule has 0 radical (unpaired) electrons. The van der Waals surface area contributed by atoms with Crippen LogP contribution in [0.25, 0.3) is 6.08 Å². The van der Waals surface area contributed by atoms with E-state index in [4.69, 9.17) is 34.8 Å². The van der Waals surface area contributed by atoms with Crippen molar-refractivity contribution in [3.63, 3.8) is 0 Å². The average molecular weight is 327 g/mol. The van der Waals surface area contributed by atoms with Crippen LogP contribution >= 0.6 is 34.8 Å². The molecule has 2 rings (SSSR count). The Balaban J connectivity index is 2.11. The molecule has 0 spiro atoms. The molecule has 0 heterocycles. The fourth-order valence-corrected chi connectivity index (χ4v) is 2.00. The molecule has 0 atom stereocenters. The lowest BCUT2D eigenvalue weighted by Crippen LogP contribution is -2.11. The summed E-state index contributed by atoms with van der Waals surface area (Å²) in [6, 6.07) is 14.2. The Bertz CT molecular complexity index is 653. The van der Waals surface area contributed by atoms with Crippen LogP contribution in [0, 0.1) is 0 Å². The molecular weight excluding hydrogens is 317 g/mol. The molecule has 5 heteroatoms. The first-order valence-electron chi connectivity index (χ1n) is 5.75. The molecule has 2 aromatic carbocycles. The van der Waals surface area contributed by atoms with Gasteiger partial charge in [-0.3, -0.25) is 4.79 Å². The first-order valence-corrected chi connectivity index (χ1v) is 6.88. The van der Waals surface area contributed by atoms with Crippen LogP contribution in [0.15, 0.2) is 53.6 Å². The van der Waals surface area contributed by atoms with E-state index < -0.39 is 5.91 Å². The Labute approximate surface area is 132 Å². The summed E-state index contributed by atoms with van der Waals surface area (Å²) in [6.45, 7) is 0. The highest BCUT2D eigenvalue weighted by molar-refractivity contribution is 6.46. The number of hydrogen-bond donors (Lipinski definition) is 1. The largest absolute Gasteiger partial charge is 0.321 e. The first-order chi connectivity index (χ1) is 9.56. The van der Waals surface area contributed by atoms with Crippen molar-refractivity contribution in [3.05, 3.63) is 69.2 Å². The molecule has 1 amide bonds. The summed E-state index contributed by atoms with van der Waals surface area (Å²) in [5.41, 5.74) is 1.38. The van der Waals surface area contributed by atoms with Crippen molar-refractivity contribution in [1.82, 2.24) is 0 Å². The Kier molecular flexibility index (Phi) is 5.07. The number of nitrogens with one attached hydrogen (secondary N) is 1. The van der Waals surface area contributed by atoms with Gasteiger partial charge in [-0.2, -0.15) is 0 Å². The minimum Gasteiger partial charge on any atom is -0.321 e. The molecular formula is C15H10Cl3NO. The van der Waals surface area contributed by atoms with Crippen LogP contribution in [0.1, 0.15) is 5.56 Å². The van der Waals surface area contributed by atoms with E-state index >= 15 is 0 Å². The number of halogens is 3. The summed E-state index contributed by atoms with van der Waals surface area (Å²) in [7, 11) is 0.